The van der Waals surface area contributed by atoms with Gasteiger partial charge in [-0.15, -0.1) is 0 Å². The summed E-state index contributed by atoms with van der Waals surface area (Å²) >= 11 is 0. The van der Waals surface area contributed by atoms with Crippen molar-refractivity contribution in [3.63, 3.8) is 0 Å². The van der Waals surface area contributed by atoms with Gasteiger partial charge in [0.05, 0.1) is 7.11 Å². The topological polar surface area (TPSA) is 12.5 Å². The van der Waals surface area contributed by atoms with Crippen LogP contribution in [0, 0.1) is 0 Å². The van der Waals surface area contributed by atoms with Crippen molar-refractivity contribution in [3.05, 3.63) is 42.0 Å². The van der Waals surface area contributed by atoms with Gasteiger partial charge in [0.1, 0.15) is 5.75 Å². The van der Waals surface area contributed by atoms with Crippen LogP contribution in [0.25, 0.3) is 0 Å². The van der Waals surface area contributed by atoms with E-state index in [9.17, 15) is 0 Å². The number of hydrogen-bond acceptors (Lipinski definition) is 2. The molecule has 0 saturated heterocycles. The summed E-state index contributed by atoms with van der Waals surface area (Å²) in [7, 11) is 3.89. The number of methoxy groups -OCH3 is 1. The molecular weight excluding hydrogens is 198 g/mol. The maximum Gasteiger partial charge on any atom is 0.118 e. The first-order valence-electron chi connectivity index (χ1n) is 5.79. The van der Waals surface area contributed by atoms with Gasteiger partial charge in [0, 0.05) is 12.6 Å². The fourth-order valence-electron chi connectivity index (χ4n) is 2.07. The molecule has 0 N–H and O–H groups in total. The Morgan fingerprint density at radius 3 is 2.69 bits per heavy atom. The van der Waals surface area contributed by atoms with Crippen LogP contribution in [0.4, 0.5) is 0 Å². The molecule has 2 heteroatoms. The lowest BCUT2D eigenvalue weighted by atomic mass is 10.0. The van der Waals surface area contributed by atoms with Gasteiger partial charge in [-0.1, -0.05) is 24.3 Å². The number of benzene rings is 1. The molecule has 0 aliphatic carbocycles. The molecule has 0 bridgehead atoms. The minimum absolute atomic E-state index is 0.544. The lowest BCUT2D eigenvalue weighted by molar-refractivity contribution is 0.273. The molecule has 1 aliphatic heterocycles. The third-order valence-corrected chi connectivity index (χ3v) is 3.18. The number of ether oxygens (including phenoxy) is 1. The van der Waals surface area contributed by atoms with Crippen molar-refractivity contribution in [2.75, 3.05) is 20.7 Å². The minimum atomic E-state index is 0.544. The molecule has 0 aromatic heterocycles. The lowest BCUT2D eigenvalue weighted by Gasteiger charge is -2.28. The van der Waals surface area contributed by atoms with E-state index < -0.39 is 0 Å². The molecule has 0 radical (unpaired) electrons. The molecule has 0 saturated carbocycles. The molecule has 1 aromatic carbocycles. The highest BCUT2D eigenvalue weighted by molar-refractivity contribution is 5.28. The molecule has 86 valence electrons. The van der Waals surface area contributed by atoms with E-state index in [1.165, 1.54) is 12.0 Å². The predicted octanol–water partition coefficient (Wildman–Crippen LogP) is 2.50. The van der Waals surface area contributed by atoms with Gasteiger partial charge in [-0.3, -0.25) is 4.90 Å². The van der Waals surface area contributed by atoms with Gasteiger partial charge >= 0.3 is 0 Å². The molecule has 1 atom stereocenters. The van der Waals surface area contributed by atoms with Gasteiger partial charge in [0.25, 0.3) is 0 Å². The standard InChI is InChI=1S/C14H19NO/c1-15-10-4-3-5-13(15)11-12-6-8-14(16-2)9-7-12/h3,5-9,13H,4,10-11H2,1-2H3/t13-/m1/s1. The summed E-state index contributed by atoms with van der Waals surface area (Å²) in [6, 6.07) is 8.90. The molecule has 0 spiro atoms. The number of nitrogens with zero attached hydrogens (tertiary/aromatic N) is 1. The Kier molecular flexibility index (Phi) is 3.62. The zero-order valence-electron chi connectivity index (χ0n) is 10.0. The summed E-state index contributed by atoms with van der Waals surface area (Å²) in [6.07, 6.45) is 6.86. The van der Waals surface area contributed by atoms with E-state index >= 15 is 0 Å². The lowest BCUT2D eigenvalue weighted by Crippen LogP contribution is -2.34. The first-order valence-corrected chi connectivity index (χ1v) is 5.79. The van der Waals surface area contributed by atoms with Crippen LogP contribution in [0.2, 0.25) is 0 Å². The van der Waals surface area contributed by atoms with Crippen LogP contribution in [0.15, 0.2) is 36.4 Å². The van der Waals surface area contributed by atoms with E-state index in [-0.39, 0.29) is 0 Å². The van der Waals surface area contributed by atoms with Crippen molar-refractivity contribution in [2.45, 2.75) is 18.9 Å². The molecule has 1 aliphatic rings. The Balaban J connectivity index is 2.02. The zero-order chi connectivity index (χ0) is 11.4. The van der Waals surface area contributed by atoms with Gasteiger partial charge < -0.3 is 4.74 Å². The quantitative estimate of drug-likeness (QED) is 0.721. The maximum absolute atomic E-state index is 5.16. The van der Waals surface area contributed by atoms with Crippen LogP contribution in [0.3, 0.4) is 0 Å². The normalized spacial score (nSPS) is 21.0. The van der Waals surface area contributed by atoms with Crippen molar-refractivity contribution in [1.29, 1.82) is 0 Å². The number of likely N-dealkylation sites (N-methyl/N-ethyl adjacent to an activating group) is 1. The Hall–Kier alpha value is -1.28. The summed E-state index contributed by atoms with van der Waals surface area (Å²) in [4.78, 5) is 2.41. The molecule has 2 rings (SSSR count). The summed E-state index contributed by atoms with van der Waals surface area (Å²) in [6.45, 7) is 1.16. The van der Waals surface area contributed by atoms with Crippen LogP contribution in [0.5, 0.6) is 5.75 Å². The van der Waals surface area contributed by atoms with Gasteiger partial charge in [0.15, 0.2) is 0 Å². The highest BCUT2D eigenvalue weighted by atomic mass is 16.5. The van der Waals surface area contributed by atoms with Crippen LogP contribution in [-0.4, -0.2) is 31.6 Å². The van der Waals surface area contributed by atoms with E-state index in [2.05, 4.69) is 36.2 Å². The molecule has 0 amide bonds. The Morgan fingerprint density at radius 2 is 2.06 bits per heavy atom. The second-order valence-electron chi connectivity index (χ2n) is 4.32. The summed E-state index contributed by atoms with van der Waals surface area (Å²) in [5.74, 6) is 0.927. The van der Waals surface area contributed by atoms with Gasteiger partial charge in [-0.25, -0.2) is 0 Å². The zero-order valence-corrected chi connectivity index (χ0v) is 10.0. The van der Waals surface area contributed by atoms with E-state index in [1.807, 2.05) is 12.1 Å². The Labute approximate surface area is 97.5 Å². The van der Waals surface area contributed by atoms with Gasteiger partial charge in [-0.2, -0.15) is 0 Å². The monoisotopic (exact) mass is 217 g/mol. The average molecular weight is 217 g/mol. The summed E-state index contributed by atoms with van der Waals surface area (Å²) < 4.78 is 5.16. The molecule has 2 nitrogen and oxygen atoms in total. The number of rotatable bonds is 3. The van der Waals surface area contributed by atoms with E-state index in [4.69, 9.17) is 4.74 Å². The second kappa shape index (κ2) is 5.17. The maximum atomic E-state index is 5.16. The SMILES string of the molecule is COc1ccc(C[C@H]2C=CCCN2C)cc1. The first-order chi connectivity index (χ1) is 7.79. The molecular formula is C14H19NO. The minimum Gasteiger partial charge on any atom is -0.497 e. The van der Waals surface area contributed by atoms with Crippen molar-refractivity contribution in [1.82, 2.24) is 4.90 Å². The molecule has 1 aromatic rings. The van der Waals surface area contributed by atoms with Crippen LogP contribution in [-0.2, 0) is 6.42 Å². The fraction of sp³-hybridized carbons (Fsp3) is 0.429. The second-order valence-corrected chi connectivity index (χ2v) is 4.32. The van der Waals surface area contributed by atoms with Crippen LogP contribution < -0.4 is 4.74 Å². The van der Waals surface area contributed by atoms with Crippen molar-refractivity contribution in [3.8, 4) is 5.75 Å². The van der Waals surface area contributed by atoms with Crippen molar-refractivity contribution >= 4 is 0 Å². The molecule has 16 heavy (non-hydrogen) atoms. The highest BCUT2D eigenvalue weighted by Gasteiger charge is 2.14. The molecule has 1 heterocycles. The smallest absolute Gasteiger partial charge is 0.118 e. The van der Waals surface area contributed by atoms with E-state index in [0.29, 0.717) is 6.04 Å². The van der Waals surface area contributed by atoms with Gasteiger partial charge in [0.2, 0.25) is 0 Å². The Morgan fingerprint density at radius 1 is 1.31 bits per heavy atom. The fourth-order valence-corrected chi connectivity index (χ4v) is 2.07. The largest absolute Gasteiger partial charge is 0.497 e. The van der Waals surface area contributed by atoms with E-state index in [0.717, 1.165) is 18.7 Å². The summed E-state index contributed by atoms with van der Waals surface area (Å²) in [5.41, 5.74) is 1.37. The summed E-state index contributed by atoms with van der Waals surface area (Å²) in [5, 5.41) is 0. The van der Waals surface area contributed by atoms with Crippen molar-refractivity contribution < 1.29 is 4.74 Å². The first kappa shape index (κ1) is 11.2. The highest BCUT2D eigenvalue weighted by Crippen LogP contribution is 2.16. The van der Waals surface area contributed by atoms with Crippen LogP contribution >= 0.6 is 0 Å². The van der Waals surface area contributed by atoms with Crippen molar-refractivity contribution in [2.24, 2.45) is 0 Å². The third kappa shape index (κ3) is 2.64. The predicted molar refractivity (Wildman–Crippen MR) is 66.9 cm³/mol. The van der Waals surface area contributed by atoms with Crippen LogP contribution in [0.1, 0.15) is 12.0 Å². The number of hydrogen-bond donors (Lipinski definition) is 0. The van der Waals surface area contributed by atoms with Gasteiger partial charge in [-0.05, 0) is 37.6 Å². The van der Waals surface area contributed by atoms with E-state index in [1.54, 1.807) is 7.11 Å². The molecule has 0 fully saturated rings. The Bertz CT molecular complexity index is 356. The molecule has 0 unspecified atom stereocenters. The third-order valence-electron chi connectivity index (χ3n) is 3.18. The average Bonchev–Trinajstić information content (AvgIpc) is 2.33.